The molecular weight excluding hydrogens is 398 g/mol. The first-order valence-electron chi connectivity index (χ1n) is 9.80. The monoisotopic (exact) mass is 421 g/mol. The lowest BCUT2D eigenvalue weighted by molar-refractivity contribution is -0.156. The second-order valence-corrected chi connectivity index (χ2v) is 8.16. The molecule has 7 heteroatoms. The Hall–Kier alpha value is -3.03. The molecule has 0 spiro atoms. The Bertz CT molecular complexity index is 1010. The summed E-state index contributed by atoms with van der Waals surface area (Å²) in [4.78, 5) is 32.8. The highest BCUT2D eigenvalue weighted by molar-refractivity contribution is 7.13. The molecule has 1 saturated heterocycles. The largest absolute Gasteiger partial charge is 0.361 e. The van der Waals surface area contributed by atoms with Crippen LogP contribution >= 0.6 is 11.3 Å². The summed E-state index contributed by atoms with van der Waals surface area (Å²) in [5.74, 6) is -0.427. The van der Waals surface area contributed by atoms with E-state index in [1.165, 1.54) is 4.88 Å². The summed E-state index contributed by atoms with van der Waals surface area (Å²) in [6.45, 7) is 0.888. The van der Waals surface area contributed by atoms with E-state index >= 15 is 0 Å². The van der Waals surface area contributed by atoms with Crippen LogP contribution < -0.4 is 5.32 Å². The van der Waals surface area contributed by atoms with Crippen molar-refractivity contribution in [1.29, 1.82) is 0 Å². The van der Waals surface area contributed by atoms with Crippen molar-refractivity contribution in [2.75, 3.05) is 26.7 Å². The van der Waals surface area contributed by atoms with Crippen molar-refractivity contribution in [3.8, 4) is 10.4 Å². The molecule has 0 radical (unpaired) electrons. The van der Waals surface area contributed by atoms with Gasteiger partial charge in [0.2, 0.25) is 0 Å². The second-order valence-electron chi connectivity index (χ2n) is 7.21. The maximum atomic E-state index is 12.9. The molecule has 1 aliphatic rings. The van der Waals surface area contributed by atoms with E-state index in [0.717, 1.165) is 11.1 Å². The molecular formula is C23H23N3O3S. The number of carbonyl (C=O) groups is 2. The molecule has 1 N–H and O–H groups in total. The van der Waals surface area contributed by atoms with Crippen LogP contribution in [0.3, 0.4) is 0 Å². The Kier molecular flexibility index (Phi) is 5.92. The summed E-state index contributed by atoms with van der Waals surface area (Å²) in [5, 5.41) is 4.76. The zero-order valence-corrected chi connectivity index (χ0v) is 17.5. The van der Waals surface area contributed by atoms with Gasteiger partial charge in [0.05, 0.1) is 13.2 Å². The second kappa shape index (κ2) is 8.77. The molecule has 4 rings (SSSR count). The van der Waals surface area contributed by atoms with Gasteiger partial charge < -0.3 is 15.0 Å². The van der Waals surface area contributed by atoms with Crippen molar-refractivity contribution >= 4 is 23.2 Å². The fraction of sp³-hybridized carbons (Fsp3) is 0.261. The summed E-state index contributed by atoms with van der Waals surface area (Å²) in [5.41, 5.74) is 1.35. The molecule has 30 heavy (non-hydrogen) atoms. The molecule has 0 bridgehead atoms. The lowest BCUT2D eigenvalue weighted by Crippen LogP contribution is -2.61. The van der Waals surface area contributed by atoms with Gasteiger partial charge in [-0.1, -0.05) is 36.4 Å². The van der Waals surface area contributed by atoms with Crippen LogP contribution in [0.25, 0.3) is 10.4 Å². The first-order chi connectivity index (χ1) is 14.6. The molecule has 0 unspecified atom stereocenters. The van der Waals surface area contributed by atoms with Gasteiger partial charge in [0.15, 0.2) is 5.60 Å². The van der Waals surface area contributed by atoms with Gasteiger partial charge in [-0.2, -0.15) is 0 Å². The average Bonchev–Trinajstić information content (AvgIpc) is 3.34. The standard InChI is InChI=1S/C23H23N3O3S/c1-24-22(28)23(15-17-7-9-18(10-8-17)20-6-4-14-30-20)16-26(12-13-29-23)21(27)19-5-2-3-11-25-19/h2-11,14H,12-13,15-16H2,1H3,(H,24,28)/t23-/m0/s1. The molecule has 2 amide bonds. The van der Waals surface area contributed by atoms with E-state index in [-0.39, 0.29) is 18.4 Å². The van der Waals surface area contributed by atoms with Crippen molar-refractivity contribution in [1.82, 2.24) is 15.2 Å². The Morgan fingerprint density at radius 3 is 2.67 bits per heavy atom. The maximum absolute atomic E-state index is 12.9. The van der Waals surface area contributed by atoms with Gasteiger partial charge in [0.1, 0.15) is 5.69 Å². The van der Waals surface area contributed by atoms with Gasteiger partial charge in [-0.3, -0.25) is 14.6 Å². The minimum absolute atomic E-state index is 0.175. The predicted octanol–water partition coefficient (Wildman–Crippen LogP) is 3.01. The summed E-state index contributed by atoms with van der Waals surface area (Å²) < 4.78 is 6.02. The Morgan fingerprint density at radius 1 is 1.17 bits per heavy atom. The van der Waals surface area contributed by atoms with E-state index in [0.29, 0.717) is 25.3 Å². The lowest BCUT2D eigenvalue weighted by Gasteiger charge is -2.41. The van der Waals surface area contributed by atoms with E-state index < -0.39 is 5.60 Å². The van der Waals surface area contributed by atoms with E-state index in [1.807, 2.05) is 23.6 Å². The van der Waals surface area contributed by atoms with Crippen LogP contribution in [0, 0.1) is 0 Å². The van der Waals surface area contributed by atoms with Crippen molar-refractivity contribution in [2.24, 2.45) is 0 Å². The molecule has 3 heterocycles. The number of morpholine rings is 1. The number of nitrogens with one attached hydrogen (secondary N) is 1. The normalized spacial score (nSPS) is 18.8. The average molecular weight is 422 g/mol. The van der Waals surface area contributed by atoms with Gasteiger partial charge in [0.25, 0.3) is 11.8 Å². The number of benzene rings is 1. The minimum Gasteiger partial charge on any atom is -0.361 e. The van der Waals surface area contributed by atoms with Crippen LogP contribution in [0.4, 0.5) is 0 Å². The number of aromatic nitrogens is 1. The van der Waals surface area contributed by atoms with Crippen LogP contribution in [0.2, 0.25) is 0 Å². The van der Waals surface area contributed by atoms with E-state index in [2.05, 4.69) is 28.5 Å². The van der Waals surface area contributed by atoms with Crippen molar-refractivity contribution in [3.05, 3.63) is 77.4 Å². The molecule has 154 valence electrons. The molecule has 1 fully saturated rings. The van der Waals surface area contributed by atoms with E-state index in [9.17, 15) is 9.59 Å². The number of thiophene rings is 1. The van der Waals surface area contributed by atoms with Gasteiger partial charge in [-0.25, -0.2) is 0 Å². The summed E-state index contributed by atoms with van der Waals surface area (Å²) in [6.07, 6.45) is 1.97. The fourth-order valence-corrected chi connectivity index (χ4v) is 4.45. The minimum atomic E-state index is -1.14. The fourth-order valence-electron chi connectivity index (χ4n) is 3.72. The number of carbonyl (C=O) groups excluding carboxylic acids is 2. The topological polar surface area (TPSA) is 71.5 Å². The SMILES string of the molecule is CNC(=O)[C@]1(Cc2ccc(-c3cccs3)cc2)CN(C(=O)c2ccccn2)CCO1. The number of hydrogen-bond donors (Lipinski definition) is 1. The van der Waals surface area contributed by atoms with Crippen molar-refractivity contribution in [3.63, 3.8) is 0 Å². The molecule has 0 aliphatic carbocycles. The van der Waals surface area contributed by atoms with E-state index in [1.54, 1.807) is 47.7 Å². The highest BCUT2D eigenvalue weighted by Gasteiger charge is 2.44. The molecule has 2 aromatic heterocycles. The van der Waals surface area contributed by atoms with Crippen molar-refractivity contribution in [2.45, 2.75) is 12.0 Å². The molecule has 1 aromatic carbocycles. The van der Waals surface area contributed by atoms with E-state index in [4.69, 9.17) is 4.74 Å². The highest BCUT2D eigenvalue weighted by atomic mass is 32.1. The molecule has 1 atom stereocenters. The molecule has 0 saturated carbocycles. The summed E-state index contributed by atoms with van der Waals surface area (Å²) in [6, 6.07) is 17.5. The first kappa shape index (κ1) is 20.3. The lowest BCUT2D eigenvalue weighted by atomic mass is 9.90. The smallest absolute Gasteiger partial charge is 0.272 e. The third-order valence-electron chi connectivity index (χ3n) is 5.25. The van der Waals surface area contributed by atoms with Gasteiger partial charge in [0, 0.05) is 31.1 Å². The third-order valence-corrected chi connectivity index (χ3v) is 6.17. The van der Waals surface area contributed by atoms with Gasteiger partial charge in [-0.05, 0) is 34.7 Å². The number of amides is 2. The van der Waals surface area contributed by atoms with Crippen molar-refractivity contribution < 1.29 is 14.3 Å². The maximum Gasteiger partial charge on any atom is 0.272 e. The zero-order valence-electron chi connectivity index (χ0n) is 16.7. The number of rotatable bonds is 5. The van der Waals surface area contributed by atoms with Crippen LogP contribution in [-0.2, 0) is 16.0 Å². The van der Waals surface area contributed by atoms with Crippen LogP contribution in [0.1, 0.15) is 16.1 Å². The molecule has 1 aliphatic heterocycles. The first-order valence-corrected chi connectivity index (χ1v) is 10.7. The zero-order chi connectivity index (χ0) is 21.0. The summed E-state index contributed by atoms with van der Waals surface area (Å²) in [7, 11) is 1.59. The van der Waals surface area contributed by atoms with Crippen LogP contribution in [0.15, 0.2) is 66.2 Å². The number of likely N-dealkylation sites (N-methyl/N-ethyl adjacent to an activating group) is 1. The quantitative estimate of drug-likeness (QED) is 0.688. The van der Waals surface area contributed by atoms with Gasteiger partial charge >= 0.3 is 0 Å². The Balaban J connectivity index is 1.56. The number of ether oxygens (including phenoxy) is 1. The number of nitrogens with zero attached hydrogens (tertiary/aromatic N) is 2. The number of hydrogen-bond acceptors (Lipinski definition) is 5. The van der Waals surface area contributed by atoms with Gasteiger partial charge in [-0.15, -0.1) is 11.3 Å². The van der Waals surface area contributed by atoms with Crippen LogP contribution in [-0.4, -0.2) is 54.0 Å². The Morgan fingerprint density at radius 2 is 2.00 bits per heavy atom. The molecule has 6 nitrogen and oxygen atoms in total. The molecule has 3 aromatic rings. The van der Waals surface area contributed by atoms with Crippen LogP contribution in [0.5, 0.6) is 0 Å². The highest BCUT2D eigenvalue weighted by Crippen LogP contribution is 2.28. The number of pyridine rings is 1. The predicted molar refractivity (Wildman–Crippen MR) is 116 cm³/mol. The third kappa shape index (κ3) is 4.13. The summed E-state index contributed by atoms with van der Waals surface area (Å²) >= 11 is 1.69. The Labute approximate surface area is 179 Å².